The molecule has 1 fully saturated rings. The van der Waals surface area contributed by atoms with E-state index in [2.05, 4.69) is 60.4 Å². The SMILES string of the molecule is CCCCC(CC)CC1CCN(/C(C)=C(\C#N)C(C)C(I)C#N)C1. The van der Waals surface area contributed by atoms with Crippen LogP contribution in [0.4, 0.5) is 0 Å². The van der Waals surface area contributed by atoms with Crippen molar-refractivity contribution in [2.24, 2.45) is 17.8 Å². The van der Waals surface area contributed by atoms with Gasteiger partial charge >= 0.3 is 0 Å². The van der Waals surface area contributed by atoms with Gasteiger partial charge in [0, 0.05) is 24.7 Å². The molecule has 1 aliphatic rings. The van der Waals surface area contributed by atoms with Crippen molar-refractivity contribution < 1.29 is 0 Å². The highest BCUT2D eigenvalue weighted by Crippen LogP contribution is 2.32. The summed E-state index contributed by atoms with van der Waals surface area (Å²) in [6.45, 7) is 10.8. The largest absolute Gasteiger partial charge is 0.374 e. The fourth-order valence-corrected chi connectivity index (χ4v) is 4.08. The third-order valence-electron chi connectivity index (χ3n) is 5.50. The van der Waals surface area contributed by atoms with Gasteiger partial charge in [-0.25, -0.2) is 0 Å². The standard InChI is InChI=1S/C20H32IN3/c1-5-7-8-17(6-2)11-18-9-10-24(14-18)16(4)19(12-22)15(3)20(21)13-23/h15,17-18,20H,5-11,14H2,1-4H3/b19-16+. The highest BCUT2D eigenvalue weighted by atomic mass is 127. The van der Waals surface area contributed by atoms with Crippen LogP contribution in [-0.2, 0) is 0 Å². The first-order valence-corrected chi connectivity index (χ1v) is 10.6. The zero-order valence-corrected chi connectivity index (χ0v) is 17.8. The van der Waals surface area contributed by atoms with E-state index in [0.29, 0.717) is 0 Å². The number of nitriles is 2. The predicted octanol–water partition coefficient (Wildman–Crippen LogP) is 5.68. The minimum atomic E-state index is -0.149. The molecule has 0 bridgehead atoms. The van der Waals surface area contributed by atoms with Gasteiger partial charge in [0.1, 0.15) is 3.92 Å². The Balaban J connectivity index is 2.71. The second-order valence-corrected chi connectivity index (χ2v) is 8.53. The van der Waals surface area contributed by atoms with E-state index >= 15 is 0 Å². The summed E-state index contributed by atoms with van der Waals surface area (Å²) in [6, 6.07) is 4.64. The van der Waals surface area contributed by atoms with E-state index in [1.807, 2.05) is 6.92 Å². The molecular weight excluding hydrogens is 409 g/mol. The van der Waals surface area contributed by atoms with Crippen molar-refractivity contribution in [1.29, 1.82) is 10.5 Å². The number of hydrogen-bond acceptors (Lipinski definition) is 3. The number of rotatable bonds is 9. The Morgan fingerprint density at radius 1 is 1.33 bits per heavy atom. The lowest BCUT2D eigenvalue weighted by atomic mass is 9.88. The summed E-state index contributed by atoms with van der Waals surface area (Å²) in [5.74, 6) is 1.60. The van der Waals surface area contributed by atoms with Gasteiger partial charge in [-0.05, 0) is 31.6 Å². The van der Waals surface area contributed by atoms with E-state index in [0.717, 1.165) is 36.2 Å². The number of alkyl halides is 1. The van der Waals surface area contributed by atoms with Crippen LogP contribution in [-0.4, -0.2) is 21.9 Å². The van der Waals surface area contributed by atoms with Gasteiger partial charge in [0.2, 0.25) is 0 Å². The Morgan fingerprint density at radius 3 is 2.58 bits per heavy atom. The number of likely N-dealkylation sites (tertiary alicyclic amines) is 1. The van der Waals surface area contributed by atoms with Gasteiger partial charge in [-0.3, -0.25) is 0 Å². The molecule has 0 spiro atoms. The lowest BCUT2D eigenvalue weighted by molar-refractivity contribution is 0.327. The Morgan fingerprint density at radius 2 is 2.04 bits per heavy atom. The van der Waals surface area contributed by atoms with E-state index in [-0.39, 0.29) is 9.84 Å². The van der Waals surface area contributed by atoms with Crippen LogP contribution in [0.5, 0.6) is 0 Å². The van der Waals surface area contributed by atoms with Gasteiger partial charge in [0.05, 0.1) is 17.7 Å². The summed E-state index contributed by atoms with van der Waals surface area (Å²) < 4.78 is -0.149. The molecule has 4 atom stereocenters. The van der Waals surface area contributed by atoms with Crippen molar-refractivity contribution >= 4 is 22.6 Å². The normalized spacial score (nSPS) is 22.3. The smallest absolute Gasteiger partial charge is 0.105 e. The zero-order chi connectivity index (χ0) is 18.1. The lowest BCUT2D eigenvalue weighted by Crippen LogP contribution is -2.23. The molecule has 1 saturated heterocycles. The Bertz CT molecular complexity index is 500. The van der Waals surface area contributed by atoms with E-state index in [1.165, 1.54) is 38.5 Å². The van der Waals surface area contributed by atoms with E-state index in [9.17, 15) is 5.26 Å². The fourth-order valence-electron chi connectivity index (χ4n) is 3.72. The Hall–Kier alpha value is -0.750. The first kappa shape index (κ1) is 21.3. The molecule has 0 aromatic rings. The molecule has 0 aromatic heterocycles. The van der Waals surface area contributed by atoms with Crippen molar-refractivity contribution in [2.75, 3.05) is 13.1 Å². The second-order valence-electron chi connectivity index (χ2n) is 7.18. The number of halogens is 1. The van der Waals surface area contributed by atoms with Gasteiger partial charge in [-0.2, -0.15) is 10.5 Å². The Labute approximate surface area is 162 Å². The summed E-state index contributed by atoms with van der Waals surface area (Å²) in [6.07, 6.45) is 7.83. The van der Waals surface area contributed by atoms with Crippen LogP contribution in [0.2, 0.25) is 0 Å². The molecule has 134 valence electrons. The van der Waals surface area contributed by atoms with Crippen molar-refractivity contribution in [3.63, 3.8) is 0 Å². The molecule has 0 saturated carbocycles. The van der Waals surface area contributed by atoms with Gasteiger partial charge in [0.25, 0.3) is 0 Å². The minimum absolute atomic E-state index is 0.00686. The molecule has 4 unspecified atom stereocenters. The molecule has 1 rings (SSSR count). The van der Waals surface area contributed by atoms with Crippen molar-refractivity contribution in [1.82, 2.24) is 4.90 Å². The third-order valence-corrected chi connectivity index (χ3v) is 6.86. The van der Waals surface area contributed by atoms with Crippen LogP contribution in [0.15, 0.2) is 11.3 Å². The fraction of sp³-hybridized carbons (Fsp3) is 0.800. The van der Waals surface area contributed by atoms with Crippen LogP contribution >= 0.6 is 22.6 Å². The van der Waals surface area contributed by atoms with Gasteiger partial charge in [0.15, 0.2) is 0 Å². The highest BCUT2D eigenvalue weighted by Gasteiger charge is 2.28. The summed E-state index contributed by atoms with van der Waals surface area (Å²) in [4.78, 5) is 2.38. The summed E-state index contributed by atoms with van der Waals surface area (Å²) in [7, 11) is 0. The molecule has 3 nitrogen and oxygen atoms in total. The van der Waals surface area contributed by atoms with Gasteiger partial charge < -0.3 is 4.90 Å². The highest BCUT2D eigenvalue weighted by molar-refractivity contribution is 14.1. The molecule has 0 radical (unpaired) electrons. The number of hydrogen-bond donors (Lipinski definition) is 0. The quantitative estimate of drug-likeness (QED) is 0.263. The average Bonchev–Trinajstić information content (AvgIpc) is 3.06. The molecule has 1 aliphatic heterocycles. The Kier molecular flexibility index (Phi) is 9.74. The number of nitrogens with zero attached hydrogens (tertiary/aromatic N) is 3. The average molecular weight is 441 g/mol. The summed E-state index contributed by atoms with van der Waals surface area (Å²) in [5, 5.41) is 18.7. The molecule has 24 heavy (non-hydrogen) atoms. The van der Waals surface area contributed by atoms with E-state index < -0.39 is 0 Å². The van der Waals surface area contributed by atoms with Crippen molar-refractivity contribution in [3.05, 3.63) is 11.3 Å². The molecule has 0 N–H and O–H groups in total. The first-order chi connectivity index (χ1) is 11.5. The predicted molar refractivity (Wildman–Crippen MR) is 109 cm³/mol. The monoisotopic (exact) mass is 441 g/mol. The molecule has 0 aromatic carbocycles. The van der Waals surface area contributed by atoms with Gasteiger partial charge in [-0.15, -0.1) is 0 Å². The maximum Gasteiger partial charge on any atom is 0.105 e. The molecule has 4 heteroatoms. The first-order valence-electron chi connectivity index (χ1n) is 9.37. The maximum atomic E-state index is 9.57. The topological polar surface area (TPSA) is 50.8 Å². The van der Waals surface area contributed by atoms with Crippen molar-refractivity contribution in [3.8, 4) is 12.1 Å². The summed E-state index contributed by atoms with van der Waals surface area (Å²) in [5.41, 5.74) is 1.88. The molecule has 0 amide bonds. The molecule has 0 aliphatic carbocycles. The zero-order valence-electron chi connectivity index (χ0n) is 15.7. The van der Waals surface area contributed by atoms with Crippen LogP contribution in [0, 0.1) is 40.4 Å². The van der Waals surface area contributed by atoms with Crippen LogP contribution in [0.1, 0.15) is 66.2 Å². The minimum Gasteiger partial charge on any atom is -0.374 e. The van der Waals surface area contributed by atoms with E-state index in [4.69, 9.17) is 5.26 Å². The second kappa shape index (κ2) is 11.0. The molecular formula is C20H32IN3. The molecule has 1 heterocycles. The van der Waals surface area contributed by atoms with Crippen LogP contribution in [0.3, 0.4) is 0 Å². The number of allylic oxidation sites excluding steroid dienone is 2. The van der Waals surface area contributed by atoms with Gasteiger partial charge in [-0.1, -0.05) is 69.0 Å². The van der Waals surface area contributed by atoms with Crippen LogP contribution in [0.25, 0.3) is 0 Å². The third kappa shape index (κ3) is 5.96. The van der Waals surface area contributed by atoms with E-state index in [1.54, 1.807) is 0 Å². The lowest BCUT2D eigenvalue weighted by Gasteiger charge is -2.24. The van der Waals surface area contributed by atoms with Crippen LogP contribution < -0.4 is 0 Å². The summed E-state index contributed by atoms with van der Waals surface area (Å²) >= 11 is 2.14. The number of unbranched alkanes of at least 4 members (excludes halogenated alkanes) is 1. The van der Waals surface area contributed by atoms with Crippen molar-refractivity contribution in [2.45, 2.75) is 70.1 Å². The maximum absolute atomic E-state index is 9.57.